The van der Waals surface area contributed by atoms with Gasteiger partial charge >= 0.3 is 0 Å². The van der Waals surface area contributed by atoms with Gasteiger partial charge in [0.25, 0.3) is 0 Å². The fourth-order valence-corrected chi connectivity index (χ4v) is 5.17. The van der Waals surface area contributed by atoms with E-state index in [4.69, 9.17) is 11.1 Å². The highest BCUT2D eigenvalue weighted by atomic mass is 32.1. The average molecular weight is 473 g/mol. The molecule has 1 aromatic heterocycles. The van der Waals surface area contributed by atoms with Gasteiger partial charge in [-0.15, -0.1) is 11.3 Å². The molecule has 5 N–H and O–H groups in total. The molecule has 1 aromatic carbocycles. The number of nitrogens with one attached hydrogen (secondary N) is 3. The molecule has 0 bridgehead atoms. The summed E-state index contributed by atoms with van der Waals surface area (Å²) >= 11 is 1.30. The van der Waals surface area contributed by atoms with E-state index < -0.39 is 6.04 Å². The number of hydrogen-bond donors (Lipinski definition) is 4. The molecule has 178 valence electrons. The first kappa shape index (κ1) is 24.6. The van der Waals surface area contributed by atoms with Crippen molar-refractivity contribution in [2.45, 2.75) is 64.0 Å². The summed E-state index contributed by atoms with van der Waals surface area (Å²) in [6.45, 7) is 1.84. The Morgan fingerprint density at radius 3 is 2.64 bits per heavy atom. The molecule has 1 saturated carbocycles. The molecule has 0 aliphatic heterocycles. The zero-order valence-electron chi connectivity index (χ0n) is 18.9. The second-order valence-corrected chi connectivity index (χ2v) is 9.42. The number of para-hydroxylation sites is 1. The van der Waals surface area contributed by atoms with Crippen molar-refractivity contribution in [2.24, 2.45) is 5.73 Å². The van der Waals surface area contributed by atoms with Crippen molar-refractivity contribution in [3.05, 3.63) is 29.3 Å². The lowest BCUT2D eigenvalue weighted by atomic mass is 9.94. The first-order valence-electron chi connectivity index (χ1n) is 11.4. The second kappa shape index (κ2) is 11.7. The number of fused-ring (bicyclic) bond motifs is 1. The van der Waals surface area contributed by atoms with Crippen LogP contribution < -0.4 is 16.4 Å². The Labute approximate surface area is 197 Å². The number of nitrogens with zero attached hydrogens (tertiary/aromatic N) is 2. The summed E-state index contributed by atoms with van der Waals surface area (Å²) in [5.41, 5.74) is 6.07. The largest absolute Gasteiger partial charge is 0.370 e. The summed E-state index contributed by atoms with van der Waals surface area (Å²) in [6, 6.07) is 6.81. The Balaban J connectivity index is 1.70. The molecule has 1 aliphatic carbocycles. The van der Waals surface area contributed by atoms with Crippen LogP contribution in [0, 0.1) is 5.41 Å². The number of carbonyl (C=O) groups is 3. The third-order valence-electron chi connectivity index (χ3n) is 5.88. The summed E-state index contributed by atoms with van der Waals surface area (Å²) in [5.74, 6) is -0.872. The third kappa shape index (κ3) is 6.98. The highest BCUT2D eigenvalue weighted by molar-refractivity contribution is 7.20. The number of nitrogens with two attached hydrogens (primary N) is 1. The standard InChI is InChI=1S/C23H32N6O3S/c1-15(30)29(16-8-3-2-4-9-16)14-20(31)27-18(11-7-13-26-23(24)25)21(32)22-28-17-10-5-6-12-19(17)33-22/h5-6,10,12,16,18H,2-4,7-9,11,13-14H2,1H3,(H,27,31)(H4,24,25,26). The van der Waals surface area contributed by atoms with Gasteiger partial charge in [0.1, 0.15) is 0 Å². The van der Waals surface area contributed by atoms with Crippen LogP contribution in [0.5, 0.6) is 0 Å². The fourth-order valence-electron chi connectivity index (χ4n) is 4.21. The van der Waals surface area contributed by atoms with Crippen molar-refractivity contribution in [3.63, 3.8) is 0 Å². The zero-order valence-corrected chi connectivity index (χ0v) is 19.7. The van der Waals surface area contributed by atoms with Gasteiger partial charge in [-0.25, -0.2) is 4.98 Å². The van der Waals surface area contributed by atoms with Gasteiger partial charge in [0.2, 0.25) is 17.6 Å². The molecule has 0 radical (unpaired) electrons. The minimum Gasteiger partial charge on any atom is -0.370 e. The summed E-state index contributed by atoms with van der Waals surface area (Å²) < 4.78 is 0.907. The molecule has 1 fully saturated rings. The lowest BCUT2D eigenvalue weighted by Gasteiger charge is -2.33. The maximum atomic E-state index is 13.3. The van der Waals surface area contributed by atoms with Crippen molar-refractivity contribution < 1.29 is 14.4 Å². The molecular formula is C23H32N6O3S. The van der Waals surface area contributed by atoms with Gasteiger partial charge in [0, 0.05) is 19.5 Å². The Kier molecular flexibility index (Phi) is 8.76. The molecule has 3 rings (SSSR count). The minimum atomic E-state index is -0.771. The monoisotopic (exact) mass is 472 g/mol. The molecular weight excluding hydrogens is 440 g/mol. The molecule has 1 aliphatic rings. The molecule has 33 heavy (non-hydrogen) atoms. The summed E-state index contributed by atoms with van der Waals surface area (Å²) in [6.07, 6.45) is 5.96. The summed E-state index contributed by atoms with van der Waals surface area (Å²) in [5, 5.41) is 13.2. The van der Waals surface area contributed by atoms with E-state index in [1.54, 1.807) is 4.90 Å². The quantitative estimate of drug-likeness (QED) is 0.181. The number of ketones is 1. The predicted molar refractivity (Wildman–Crippen MR) is 129 cm³/mol. The van der Waals surface area contributed by atoms with Crippen LogP contribution in [0.25, 0.3) is 10.2 Å². The van der Waals surface area contributed by atoms with Crippen molar-refractivity contribution in [1.29, 1.82) is 5.41 Å². The van der Waals surface area contributed by atoms with Crippen LogP contribution in [-0.2, 0) is 9.59 Å². The predicted octanol–water partition coefficient (Wildman–Crippen LogP) is 2.41. The molecule has 10 heteroatoms. The van der Waals surface area contributed by atoms with Crippen LogP contribution in [0.15, 0.2) is 24.3 Å². The first-order valence-corrected chi connectivity index (χ1v) is 12.2. The zero-order chi connectivity index (χ0) is 23.8. The van der Waals surface area contributed by atoms with Crippen molar-refractivity contribution in [2.75, 3.05) is 13.1 Å². The van der Waals surface area contributed by atoms with E-state index in [9.17, 15) is 14.4 Å². The maximum absolute atomic E-state index is 13.3. The Morgan fingerprint density at radius 1 is 1.24 bits per heavy atom. The van der Waals surface area contributed by atoms with Crippen LogP contribution in [-0.4, -0.2) is 58.6 Å². The molecule has 1 atom stereocenters. The second-order valence-electron chi connectivity index (χ2n) is 8.39. The third-order valence-corrected chi connectivity index (χ3v) is 6.93. The topological polar surface area (TPSA) is 141 Å². The van der Waals surface area contributed by atoms with E-state index >= 15 is 0 Å². The number of aromatic nitrogens is 1. The number of thiazole rings is 1. The van der Waals surface area contributed by atoms with E-state index in [1.807, 2.05) is 24.3 Å². The van der Waals surface area contributed by atoms with Crippen molar-refractivity contribution >= 4 is 45.1 Å². The molecule has 2 aromatic rings. The molecule has 0 saturated heterocycles. The number of carbonyl (C=O) groups excluding carboxylic acids is 3. The molecule has 9 nitrogen and oxygen atoms in total. The van der Waals surface area contributed by atoms with Crippen LogP contribution in [0.1, 0.15) is 61.7 Å². The molecule has 1 unspecified atom stereocenters. The highest BCUT2D eigenvalue weighted by Gasteiger charge is 2.28. The van der Waals surface area contributed by atoms with E-state index in [1.165, 1.54) is 18.3 Å². The maximum Gasteiger partial charge on any atom is 0.240 e. The van der Waals surface area contributed by atoms with Gasteiger partial charge in [0.05, 0.1) is 22.8 Å². The van der Waals surface area contributed by atoms with Gasteiger partial charge in [-0.2, -0.15) is 0 Å². The van der Waals surface area contributed by atoms with Crippen molar-refractivity contribution in [1.82, 2.24) is 20.5 Å². The normalized spacial score (nSPS) is 15.1. The Morgan fingerprint density at radius 2 is 1.97 bits per heavy atom. The van der Waals surface area contributed by atoms with Gasteiger partial charge in [-0.3, -0.25) is 19.8 Å². The Bertz CT molecular complexity index is 968. The molecule has 0 spiro atoms. The SMILES string of the molecule is CC(=O)N(CC(=O)NC(CCCNC(=N)N)C(=O)c1nc2ccccc2s1)C1CCCCC1. The smallest absolute Gasteiger partial charge is 0.240 e. The van der Waals surface area contributed by atoms with E-state index in [0.717, 1.165) is 42.3 Å². The fraction of sp³-hybridized carbons (Fsp3) is 0.522. The van der Waals surface area contributed by atoms with Crippen molar-refractivity contribution in [3.8, 4) is 0 Å². The number of hydrogen-bond acceptors (Lipinski definition) is 6. The number of amides is 2. The summed E-state index contributed by atoms with van der Waals surface area (Å²) in [7, 11) is 0. The lowest BCUT2D eigenvalue weighted by Crippen LogP contribution is -2.50. The van der Waals surface area contributed by atoms with Crippen LogP contribution >= 0.6 is 11.3 Å². The van der Waals surface area contributed by atoms with Gasteiger partial charge in [-0.05, 0) is 37.8 Å². The van der Waals surface area contributed by atoms with E-state index in [0.29, 0.717) is 24.4 Å². The lowest BCUT2D eigenvalue weighted by molar-refractivity contribution is -0.137. The number of guanidine groups is 1. The average Bonchev–Trinajstić information content (AvgIpc) is 3.23. The van der Waals surface area contributed by atoms with Gasteiger partial charge < -0.3 is 21.3 Å². The molecule has 2 amide bonds. The van der Waals surface area contributed by atoms with Crippen LogP contribution in [0.4, 0.5) is 0 Å². The first-order chi connectivity index (χ1) is 15.8. The van der Waals surface area contributed by atoms with Gasteiger partial charge in [0.15, 0.2) is 11.0 Å². The number of Topliss-reactive ketones (excluding diaryl/α,β-unsaturated/α-hetero) is 1. The van der Waals surface area contributed by atoms with Crippen LogP contribution in [0.2, 0.25) is 0 Å². The van der Waals surface area contributed by atoms with Gasteiger partial charge in [-0.1, -0.05) is 31.4 Å². The highest BCUT2D eigenvalue weighted by Crippen LogP contribution is 2.24. The van der Waals surface area contributed by atoms with E-state index in [2.05, 4.69) is 15.6 Å². The molecule has 1 heterocycles. The Hall–Kier alpha value is -3.01. The number of rotatable bonds is 10. The summed E-state index contributed by atoms with van der Waals surface area (Å²) in [4.78, 5) is 44.5. The van der Waals surface area contributed by atoms with Crippen LogP contribution in [0.3, 0.4) is 0 Å². The van der Waals surface area contributed by atoms with E-state index in [-0.39, 0.29) is 36.1 Å². The number of benzene rings is 1. The minimum absolute atomic E-state index is 0.0602.